The van der Waals surface area contributed by atoms with Gasteiger partial charge in [-0.15, -0.1) is 0 Å². The fourth-order valence-corrected chi connectivity index (χ4v) is 2.23. The fourth-order valence-electron chi connectivity index (χ4n) is 1.79. The van der Waals surface area contributed by atoms with Gasteiger partial charge in [-0.2, -0.15) is 0 Å². The summed E-state index contributed by atoms with van der Waals surface area (Å²) in [6.45, 7) is 2.32. The summed E-state index contributed by atoms with van der Waals surface area (Å²) in [6, 6.07) is 10.7. The number of aromatic hydroxyl groups is 1. The lowest BCUT2D eigenvalue weighted by molar-refractivity contribution is 0.0693. The van der Waals surface area contributed by atoms with E-state index < -0.39 is 5.97 Å². The molecule has 0 saturated heterocycles. The summed E-state index contributed by atoms with van der Waals surface area (Å²) in [4.78, 5) is 11.0. The molecule has 0 radical (unpaired) electrons. The van der Waals surface area contributed by atoms with Crippen LogP contribution in [0, 0.1) is 6.92 Å². The highest BCUT2D eigenvalue weighted by Crippen LogP contribution is 2.33. The Hall–Kier alpha value is -2.01. The number of hydrogen-bond donors (Lipinski definition) is 2. The maximum atomic E-state index is 11.0. The van der Waals surface area contributed by atoms with Crippen molar-refractivity contribution in [3.63, 3.8) is 0 Å². The molecule has 0 heterocycles. The second-order valence-electron chi connectivity index (χ2n) is 4.38. The molecule has 0 saturated carbocycles. The molecule has 20 heavy (non-hydrogen) atoms. The van der Waals surface area contributed by atoms with Crippen LogP contribution in [0.25, 0.3) is 0 Å². The zero-order valence-electron chi connectivity index (χ0n) is 10.8. The number of carboxylic acid groups (broad SMARTS) is 1. The molecule has 0 unspecified atom stereocenters. The predicted octanol–water partition coefficient (Wildman–Crippen LogP) is 3.74. The third kappa shape index (κ3) is 3.30. The first kappa shape index (κ1) is 14.4. The molecule has 104 valence electrons. The molecule has 0 aliphatic heterocycles. The zero-order chi connectivity index (χ0) is 14.7. The Morgan fingerprint density at radius 3 is 2.70 bits per heavy atom. The number of carbonyl (C=O) groups is 1. The summed E-state index contributed by atoms with van der Waals surface area (Å²) in [7, 11) is 0. The monoisotopic (exact) mass is 336 g/mol. The number of hydrogen-bond acceptors (Lipinski definition) is 3. The number of aryl methyl sites for hydroxylation is 1. The van der Waals surface area contributed by atoms with Crippen LogP contribution >= 0.6 is 15.9 Å². The predicted molar refractivity (Wildman–Crippen MR) is 78.3 cm³/mol. The molecule has 2 N–H and O–H groups in total. The lowest BCUT2D eigenvalue weighted by Gasteiger charge is -2.10. The molecule has 0 amide bonds. The first-order chi connectivity index (χ1) is 9.47. The summed E-state index contributed by atoms with van der Waals surface area (Å²) >= 11 is 3.11. The van der Waals surface area contributed by atoms with Crippen molar-refractivity contribution in [2.24, 2.45) is 0 Å². The Labute approximate surface area is 124 Å². The van der Waals surface area contributed by atoms with Gasteiger partial charge in [0.15, 0.2) is 0 Å². The van der Waals surface area contributed by atoms with Crippen LogP contribution in [0.15, 0.2) is 40.9 Å². The highest BCUT2D eigenvalue weighted by molar-refractivity contribution is 9.10. The van der Waals surface area contributed by atoms with Crippen LogP contribution in [0.5, 0.6) is 11.5 Å². The van der Waals surface area contributed by atoms with Crippen LogP contribution in [-0.2, 0) is 6.61 Å². The molecule has 0 aliphatic carbocycles. The van der Waals surface area contributed by atoms with Crippen molar-refractivity contribution in [3.05, 3.63) is 57.6 Å². The summed E-state index contributed by atoms with van der Waals surface area (Å²) in [5.74, 6) is -1.13. The molecule has 0 spiro atoms. The molecule has 0 bridgehead atoms. The van der Waals surface area contributed by atoms with Crippen molar-refractivity contribution >= 4 is 21.9 Å². The minimum Gasteiger partial charge on any atom is -0.506 e. The third-order valence-corrected chi connectivity index (χ3v) is 3.36. The molecule has 4 nitrogen and oxygen atoms in total. The van der Waals surface area contributed by atoms with Crippen LogP contribution in [0.3, 0.4) is 0 Å². The van der Waals surface area contributed by atoms with Crippen LogP contribution in [0.2, 0.25) is 0 Å². The van der Waals surface area contributed by atoms with Crippen molar-refractivity contribution in [1.82, 2.24) is 0 Å². The van der Waals surface area contributed by atoms with Gasteiger partial charge in [-0.25, -0.2) is 4.79 Å². The number of halogens is 1. The van der Waals surface area contributed by atoms with Crippen molar-refractivity contribution in [1.29, 1.82) is 0 Å². The number of aromatic carboxylic acids is 1. The van der Waals surface area contributed by atoms with Gasteiger partial charge in [0.05, 0.1) is 4.47 Å². The van der Waals surface area contributed by atoms with E-state index >= 15 is 0 Å². The molecule has 0 aromatic heterocycles. The highest BCUT2D eigenvalue weighted by Gasteiger charge is 2.15. The maximum absolute atomic E-state index is 11.0. The first-order valence-electron chi connectivity index (χ1n) is 5.91. The molecule has 2 aromatic rings. The number of ether oxygens (including phenoxy) is 1. The van der Waals surface area contributed by atoms with E-state index in [2.05, 4.69) is 15.9 Å². The molecule has 0 aliphatic rings. The van der Waals surface area contributed by atoms with Crippen molar-refractivity contribution in [2.75, 3.05) is 0 Å². The van der Waals surface area contributed by atoms with E-state index in [1.807, 2.05) is 31.2 Å². The van der Waals surface area contributed by atoms with Crippen LogP contribution in [-0.4, -0.2) is 16.2 Å². The Morgan fingerprint density at radius 1 is 1.30 bits per heavy atom. The van der Waals surface area contributed by atoms with Crippen LogP contribution in [0.4, 0.5) is 0 Å². The summed E-state index contributed by atoms with van der Waals surface area (Å²) < 4.78 is 5.86. The van der Waals surface area contributed by atoms with Gasteiger partial charge in [0.2, 0.25) is 0 Å². The van der Waals surface area contributed by atoms with E-state index in [9.17, 15) is 9.90 Å². The fraction of sp³-hybridized carbons (Fsp3) is 0.133. The Balaban J connectivity index is 2.20. The lowest BCUT2D eigenvalue weighted by atomic mass is 10.1. The molecular formula is C15H13BrO4. The highest BCUT2D eigenvalue weighted by atomic mass is 79.9. The molecule has 2 rings (SSSR count). The minimum atomic E-state index is -1.20. The van der Waals surface area contributed by atoms with Crippen LogP contribution < -0.4 is 4.74 Å². The van der Waals surface area contributed by atoms with E-state index in [4.69, 9.17) is 9.84 Å². The molecular weight excluding hydrogens is 324 g/mol. The van der Waals surface area contributed by atoms with Gasteiger partial charge in [0.1, 0.15) is 23.7 Å². The summed E-state index contributed by atoms with van der Waals surface area (Å²) in [5.41, 5.74) is 1.92. The Morgan fingerprint density at radius 2 is 2.05 bits per heavy atom. The van der Waals surface area contributed by atoms with Gasteiger partial charge in [-0.3, -0.25) is 0 Å². The van der Waals surface area contributed by atoms with E-state index in [1.54, 1.807) is 0 Å². The number of carboxylic acids is 1. The second-order valence-corrected chi connectivity index (χ2v) is 5.24. The van der Waals surface area contributed by atoms with E-state index in [0.29, 0.717) is 12.4 Å². The largest absolute Gasteiger partial charge is 0.506 e. The molecule has 0 fully saturated rings. The van der Waals surface area contributed by atoms with E-state index in [-0.39, 0.29) is 15.8 Å². The number of rotatable bonds is 4. The van der Waals surface area contributed by atoms with Crippen molar-refractivity contribution in [2.45, 2.75) is 13.5 Å². The third-order valence-electron chi connectivity index (χ3n) is 2.76. The minimum absolute atomic E-state index is 0.196. The second kappa shape index (κ2) is 5.96. The molecule has 0 atom stereocenters. The summed E-state index contributed by atoms with van der Waals surface area (Å²) in [5, 5.41) is 18.6. The Bertz CT molecular complexity index is 652. The van der Waals surface area contributed by atoms with Crippen molar-refractivity contribution < 1.29 is 19.7 Å². The maximum Gasteiger partial charge on any atom is 0.339 e. The smallest absolute Gasteiger partial charge is 0.339 e. The standard InChI is InChI=1S/C15H13BrO4/c1-9-3-2-4-10(5-9)8-20-11-6-12(15(18)19)14(17)13(16)7-11/h2-7,17H,8H2,1H3,(H,18,19). The topological polar surface area (TPSA) is 66.8 Å². The van der Waals surface area contributed by atoms with Gasteiger partial charge in [0.25, 0.3) is 0 Å². The summed E-state index contributed by atoms with van der Waals surface area (Å²) in [6.07, 6.45) is 0. The molecule has 2 aromatic carbocycles. The van der Waals surface area contributed by atoms with Crippen LogP contribution in [0.1, 0.15) is 21.5 Å². The average Bonchev–Trinajstić information content (AvgIpc) is 2.39. The number of benzene rings is 2. The SMILES string of the molecule is Cc1cccc(COc2cc(Br)c(O)c(C(=O)O)c2)c1. The number of phenols is 1. The van der Waals surface area contributed by atoms with Gasteiger partial charge < -0.3 is 14.9 Å². The van der Waals surface area contributed by atoms with Gasteiger partial charge in [-0.1, -0.05) is 29.8 Å². The van der Waals surface area contributed by atoms with Gasteiger partial charge in [0, 0.05) is 0 Å². The molecule has 5 heteroatoms. The lowest BCUT2D eigenvalue weighted by Crippen LogP contribution is -2.00. The van der Waals surface area contributed by atoms with Crippen molar-refractivity contribution in [3.8, 4) is 11.5 Å². The zero-order valence-corrected chi connectivity index (χ0v) is 12.3. The average molecular weight is 337 g/mol. The van der Waals surface area contributed by atoms with E-state index in [0.717, 1.165) is 11.1 Å². The Kier molecular flexibility index (Phi) is 4.29. The normalized spacial score (nSPS) is 10.3. The quantitative estimate of drug-likeness (QED) is 0.892. The van der Waals surface area contributed by atoms with Gasteiger partial charge in [-0.05, 0) is 40.5 Å². The first-order valence-corrected chi connectivity index (χ1v) is 6.71. The van der Waals surface area contributed by atoms with Gasteiger partial charge >= 0.3 is 5.97 Å². The van der Waals surface area contributed by atoms with E-state index in [1.165, 1.54) is 12.1 Å².